The Hall–Kier alpha value is -3.96. The second kappa shape index (κ2) is 14.0. The molecule has 45 heavy (non-hydrogen) atoms. The Morgan fingerprint density at radius 1 is 1.11 bits per heavy atom. The summed E-state index contributed by atoms with van der Waals surface area (Å²) in [6.07, 6.45) is -0.425. The molecule has 1 N–H and O–H groups in total. The molecule has 1 saturated heterocycles. The van der Waals surface area contributed by atoms with Crippen LogP contribution in [0, 0.1) is 5.82 Å². The number of hydrogen-bond acceptors (Lipinski definition) is 8. The minimum Gasteiger partial charge on any atom is -0.497 e. The zero-order valence-electron chi connectivity index (χ0n) is 27.3. The zero-order chi connectivity index (χ0) is 32.9. The SMILES string of the molecule is COc1cccc(CNC(=O)c2nn(-c3ccc(F)cc3)c(OC[C@@H]3C[C@H](CC(=O)OC(C)(C)C)OC(C)(C)O3)c2C(C)C)c1. The van der Waals surface area contributed by atoms with Crippen LogP contribution in [-0.4, -0.2) is 59.0 Å². The van der Waals surface area contributed by atoms with E-state index in [2.05, 4.69) is 10.4 Å². The van der Waals surface area contributed by atoms with Gasteiger partial charge in [0, 0.05) is 18.5 Å². The highest BCUT2D eigenvalue weighted by Crippen LogP contribution is 2.35. The van der Waals surface area contributed by atoms with Crippen LogP contribution in [0.5, 0.6) is 11.6 Å². The number of ether oxygens (including phenoxy) is 5. The smallest absolute Gasteiger partial charge is 0.308 e. The van der Waals surface area contributed by atoms with Gasteiger partial charge < -0.3 is 29.0 Å². The number of aromatic nitrogens is 2. The van der Waals surface area contributed by atoms with Gasteiger partial charge >= 0.3 is 5.97 Å². The van der Waals surface area contributed by atoms with Gasteiger partial charge in [0.1, 0.15) is 23.8 Å². The summed E-state index contributed by atoms with van der Waals surface area (Å²) in [5.74, 6) is -1.23. The van der Waals surface area contributed by atoms with Crippen molar-refractivity contribution in [2.45, 2.75) is 97.4 Å². The second-order valence-corrected chi connectivity index (χ2v) is 12.9. The lowest BCUT2D eigenvalue weighted by Gasteiger charge is -2.40. The van der Waals surface area contributed by atoms with Gasteiger partial charge in [0.2, 0.25) is 5.88 Å². The van der Waals surface area contributed by atoms with E-state index < -0.39 is 29.4 Å². The van der Waals surface area contributed by atoms with Crippen molar-refractivity contribution in [2.24, 2.45) is 0 Å². The molecule has 1 amide bonds. The number of carbonyl (C=O) groups is 2. The standard InChI is InChI=1S/C34H44FN3O7/c1-21(2)29-30(31(40)36-19-22-10-9-11-25(16-22)41-8)37-38(24-14-12-23(35)13-15-24)32(29)42-20-27-17-26(43-34(6,7)44-27)18-28(39)45-33(3,4)5/h9-16,21,26-27H,17-20H2,1-8H3,(H,36,40)/t26-,27+/m1/s1. The van der Waals surface area contributed by atoms with Gasteiger partial charge in [-0.15, -0.1) is 0 Å². The number of methoxy groups -OCH3 is 1. The summed E-state index contributed by atoms with van der Waals surface area (Å²) in [5, 5.41) is 7.61. The molecule has 1 aromatic heterocycles. The van der Waals surface area contributed by atoms with E-state index in [1.54, 1.807) is 33.1 Å². The zero-order valence-corrected chi connectivity index (χ0v) is 27.3. The summed E-state index contributed by atoms with van der Waals surface area (Å²) in [4.78, 5) is 26.1. The third-order valence-corrected chi connectivity index (χ3v) is 6.98. The maximum Gasteiger partial charge on any atom is 0.308 e. The Morgan fingerprint density at radius 3 is 2.44 bits per heavy atom. The fourth-order valence-electron chi connectivity index (χ4n) is 5.24. The first kappa shape index (κ1) is 33.9. The lowest BCUT2D eigenvalue weighted by Crippen LogP contribution is -2.47. The number of nitrogens with zero attached hydrogens (tertiary/aromatic N) is 2. The van der Waals surface area contributed by atoms with Crippen LogP contribution in [-0.2, 0) is 25.5 Å². The fraction of sp³-hybridized carbons (Fsp3) is 0.500. The number of nitrogens with one attached hydrogen (secondary N) is 1. The molecule has 0 aliphatic carbocycles. The summed E-state index contributed by atoms with van der Waals surface area (Å²) in [5.41, 5.74) is 1.58. The number of carbonyl (C=O) groups excluding carboxylic acids is 2. The van der Waals surface area contributed by atoms with E-state index in [9.17, 15) is 14.0 Å². The van der Waals surface area contributed by atoms with Crippen LogP contribution in [0.15, 0.2) is 48.5 Å². The minimum atomic E-state index is -0.970. The average molecular weight is 626 g/mol. The molecule has 11 heteroatoms. The number of rotatable bonds is 11. The first-order chi connectivity index (χ1) is 21.1. The first-order valence-electron chi connectivity index (χ1n) is 15.1. The van der Waals surface area contributed by atoms with Crippen LogP contribution in [0.25, 0.3) is 5.69 Å². The molecular weight excluding hydrogens is 581 g/mol. The van der Waals surface area contributed by atoms with Crippen molar-refractivity contribution >= 4 is 11.9 Å². The normalized spacial score (nSPS) is 18.0. The molecular formula is C34H44FN3O7. The maximum atomic E-state index is 13.8. The van der Waals surface area contributed by atoms with E-state index in [0.29, 0.717) is 29.3 Å². The molecule has 1 fully saturated rings. The molecule has 0 bridgehead atoms. The van der Waals surface area contributed by atoms with Gasteiger partial charge in [-0.05, 0) is 82.5 Å². The molecule has 2 aromatic carbocycles. The number of amides is 1. The van der Waals surface area contributed by atoms with Crippen LogP contribution in [0.2, 0.25) is 0 Å². The van der Waals surface area contributed by atoms with Crippen LogP contribution in [0.4, 0.5) is 4.39 Å². The van der Waals surface area contributed by atoms with E-state index in [-0.39, 0.29) is 43.1 Å². The average Bonchev–Trinajstić information content (AvgIpc) is 3.33. The van der Waals surface area contributed by atoms with E-state index in [1.807, 2.05) is 58.9 Å². The van der Waals surface area contributed by atoms with Gasteiger partial charge in [0.25, 0.3) is 5.91 Å². The van der Waals surface area contributed by atoms with Crippen molar-refractivity contribution in [3.63, 3.8) is 0 Å². The molecule has 1 aliphatic heterocycles. The predicted molar refractivity (Wildman–Crippen MR) is 166 cm³/mol. The highest BCUT2D eigenvalue weighted by Gasteiger charge is 2.38. The Bertz CT molecular complexity index is 1480. The summed E-state index contributed by atoms with van der Waals surface area (Å²) >= 11 is 0. The van der Waals surface area contributed by atoms with Gasteiger partial charge in [0.05, 0.1) is 31.4 Å². The number of hydrogen-bond donors (Lipinski definition) is 1. The van der Waals surface area contributed by atoms with Crippen molar-refractivity contribution in [3.05, 3.63) is 71.2 Å². The first-order valence-corrected chi connectivity index (χ1v) is 15.1. The molecule has 2 atom stereocenters. The van der Waals surface area contributed by atoms with Gasteiger partial charge in [-0.25, -0.2) is 9.07 Å². The van der Waals surface area contributed by atoms with Crippen molar-refractivity contribution in [1.82, 2.24) is 15.1 Å². The molecule has 244 valence electrons. The summed E-state index contributed by atoms with van der Waals surface area (Å²) in [6, 6.07) is 13.2. The van der Waals surface area contributed by atoms with Crippen LogP contribution < -0.4 is 14.8 Å². The molecule has 3 aromatic rings. The lowest BCUT2D eigenvalue weighted by molar-refractivity contribution is -0.303. The molecule has 1 aliphatic rings. The Morgan fingerprint density at radius 2 is 1.80 bits per heavy atom. The van der Waals surface area contributed by atoms with Crippen LogP contribution >= 0.6 is 0 Å². The Labute approximate surface area is 264 Å². The molecule has 4 rings (SSSR count). The van der Waals surface area contributed by atoms with Gasteiger partial charge in [-0.3, -0.25) is 9.59 Å². The molecule has 2 heterocycles. The number of halogens is 1. The third kappa shape index (κ3) is 9.27. The van der Waals surface area contributed by atoms with Gasteiger partial charge in [0.15, 0.2) is 11.5 Å². The largest absolute Gasteiger partial charge is 0.497 e. The Kier molecular flexibility index (Phi) is 10.5. The molecule has 0 spiro atoms. The van der Waals surface area contributed by atoms with E-state index >= 15 is 0 Å². The van der Waals surface area contributed by atoms with Crippen LogP contribution in [0.3, 0.4) is 0 Å². The molecule has 0 radical (unpaired) electrons. The van der Waals surface area contributed by atoms with E-state index in [1.165, 1.54) is 16.8 Å². The summed E-state index contributed by atoms with van der Waals surface area (Å²) < 4.78 is 44.8. The number of esters is 1. The molecule has 0 unspecified atom stereocenters. The van der Waals surface area contributed by atoms with Crippen molar-refractivity contribution in [3.8, 4) is 17.3 Å². The highest BCUT2D eigenvalue weighted by molar-refractivity contribution is 5.94. The van der Waals surface area contributed by atoms with Crippen molar-refractivity contribution in [1.29, 1.82) is 0 Å². The van der Waals surface area contributed by atoms with Gasteiger partial charge in [-0.2, -0.15) is 5.10 Å². The third-order valence-electron chi connectivity index (χ3n) is 6.98. The van der Waals surface area contributed by atoms with E-state index in [0.717, 1.165) is 5.56 Å². The van der Waals surface area contributed by atoms with Crippen LogP contribution in [0.1, 0.15) is 88.8 Å². The van der Waals surface area contributed by atoms with Crippen molar-refractivity contribution in [2.75, 3.05) is 13.7 Å². The summed E-state index contributed by atoms with van der Waals surface area (Å²) in [7, 11) is 1.59. The van der Waals surface area contributed by atoms with Gasteiger partial charge in [-0.1, -0.05) is 26.0 Å². The Balaban J connectivity index is 1.60. The second-order valence-electron chi connectivity index (χ2n) is 12.9. The monoisotopic (exact) mass is 625 g/mol. The topological polar surface area (TPSA) is 110 Å². The molecule has 0 saturated carbocycles. The number of benzene rings is 2. The fourth-order valence-corrected chi connectivity index (χ4v) is 5.24. The lowest BCUT2D eigenvalue weighted by atomic mass is 10.0. The quantitative estimate of drug-likeness (QED) is 0.255. The predicted octanol–water partition coefficient (Wildman–Crippen LogP) is 6.09. The molecule has 10 nitrogen and oxygen atoms in total. The van der Waals surface area contributed by atoms with Crippen molar-refractivity contribution < 1.29 is 37.7 Å². The van der Waals surface area contributed by atoms with E-state index in [4.69, 9.17) is 23.7 Å². The maximum absolute atomic E-state index is 13.8. The summed E-state index contributed by atoms with van der Waals surface area (Å²) in [6.45, 7) is 13.3. The minimum absolute atomic E-state index is 0.0723. The highest BCUT2D eigenvalue weighted by atomic mass is 19.1.